The van der Waals surface area contributed by atoms with Gasteiger partial charge in [0.2, 0.25) is 11.8 Å². The van der Waals surface area contributed by atoms with Crippen LogP contribution in [0.3, 0.4) is 0 Å². The zero-order valence-corrected chi connectivity index (χ0v) is 12.7. The number of carbonyl (C=O) groups excluding carboxylic acids is 2. The van der Waals surface area contributed by atoms with E-state index in [9.17, 15) is 9.59 Å². The number of hydrogen-bond acceptors (Lipinski definition) is 3. The molecular formula is C17H23N3O2. The van der Waals surface area contributed by atoms with Crippen LogP contribution in [-0.4, -0.2) is 18.4 Å². The second-order valence-electron chi connectivity index (χ2n) is 5.41. The quantitative estimate of drug-likeness (QED) is 0.531. The van der Waals surface area contributed by atoms with Crippen molar-refractivity contribution in [3.8, 4) is 0 Å². The first kappa shape index (κ1) is 16.1. The van der Waals surface area contributed by atoms with Crippen LogP contribution >= 0.6 is 0 Å². The highest BCUT2D eigenvalue weighted by molar-refractivity contribution is 5.96. The van der Waals surface area contributed by atoms with Gasteiger partial charge in [-0.3, -0.25) is 15.0 Å². The van der Waals surface area contributed by atoms with Crippen LogP contribution < -0.4 is 16.2 Å². The fourth-order valence-electron chi connectivity index (χ4n) is 2.35. The molecule has 1 aromatic carbocycles. The monoisotopic (exact) mass is 301 g/mol. The standard InChI is InChI=1S/C17H23N3O2/c21-16(18-12-11-14-7-3-1-4-8-14)13-17(22)20-19-15-9-5-2-6-10-15/h1,3-4,7-9,19H,2,5-6,10-13H2,(H,18,21)(H,20,22). The normalized spacial score (nSPS) is 13.9. The molecule has 0 fully saturated rings. The summed E-state index contributed by atoms with van der Waals surface area (Å²) in [7, 11) is 0. The van der Waals surface area contributed by atoms with Crippen molar-refractivity contribution in [1.29, 1.82) is 0 Å². The molecule has 0 unspecified atom stereocenters. The molecule has 1 aliphatic carbocycles. The Morgan fingerprint density at radius 2 is 1.86 bits per heavy atom. The van der Waals surface area contributed by atoms with Crippen LogP contribution in [0.15, 0.2) is 42.1 Å². The third kappa shape index (κ3) is 5.99. The summed E-state index contributed by atoms with van der Waals surface area (Å²) in [6.07, 6.45) is 7.01. The van der Waals surface area contributed by atoms with Gasteiger partial charge in [0.15, 0.2) is 0 Å². The largest absolute Gasteiger partial charge is 0.355 e. The van der Waals surface area contributed by atoms with Crippen molar-refractivity contribution in [2.45, 2.75) is 38.5 Å². The molecule has 0 saturated carbocycles. The highest BCUT2D eigenvalue weighted by Gasteiger charge is 2.09. The molecule has 1 aliphatic rings. The van der Waals surface area contributed by atoms with Crippen LogP contribution in [0.1, 0.15) is 37.7 Å². The van der Waals surface area contributed by atoms with Crippen molar-refractivity contribution in [3.05, 3.63) is 47.7 Å². The van der Waals surface area contributed by atoms with Crippen LogP contribution in [-0.2, 0) is 16.0 Å². The Bertz CT molecular complexity index is 526. The van der Waals surface area contributed by atoms with Gasteiger partial charge in [0, 0.05) is 12.2 Å². The molecule has 0 radical (unpaired) electrons. The molecule has 0 spiro atoms. The average molecular weight is 301 g/mol. The smallest absolute Gasteiger partial charge is 0.247 e. The maximum atomic E-state index is 11.7. The average Bonchev–Trinajstić information content (AvgIpc) is 2.55. The summed E-state index contributed by atoms with van der Waals surface area (Å²) in [6.45, 7) is 0.536. The van der Waals surface area contributed by atoms with E-state index in [0.29, 0.717) is 6.54 Å². The number of carbonyl (C=O) groups is 2. The Hall–Kier alpha value is -2.30. The minimum absolute atomic E-state index is 0.158. The lowest BCUT2D eigenvalue weighted by Crippen LogP contribution is -2.40. The van der Waals surface area contributed by atoms with Gasteiger partial charge in [-0.25, -0.2) is 0 Å². The van der Waals surface area contributed by atoms with E-state index in [-0.39, 0.29) is 18.2 Å². The van der Waals surface area contributed by atoms with Crippen LogP contribution in [0.5, 0.6) is 0 Å². The molecule has 0 heterocycles. The molecule has 22 heavy (non-hydrogen) atoms. The molecule has 0 atom stereocenters. The second kappa shape index (κ2) is 8.87. The third-order valence-corrected chi connectivity index (χ3v) is 3.55. The summed E-state index contributed by atoms with van der Waals surface area (Å²) in [5.74, 6) is -0.573. The van der Waals surface area contributed by atoms with Crippen molar-refractivity contribution in [1.82, 2.24) is 16.2 Å². The molecule has 5 nitrogen and oxygen atoms in total. The van der Waals surface area contributed by atoms with E-state index in [1.807, 2.05) is 30.3 Å². The van der Waals surface area contributed by atoms with E-state index in [4.69, 9.17) is 0 Å². The van der Waals surface area contributed by atoms with Crippen LogP contribution in [0.4, 0.5) is 0 Å². The predicted molar refractivity (Wildman–Crippen MR) is 85.6 cm³/mol. The SMILES string of the molecule is O=C(CC(=O)NNC1=CCCCC1)NCCc1ccccc1. The maximum absolute atomic E-state index is 11.7. The summed E-state index contributed by atoms with van der Waals surface area (Å²) in [5, 5.41) is 2.76. The molecule has 0 saturated heterocycles. The molecule has 0 aliphatic heterocycles. The van der Waals surface area contributed by atoms with E-state index in [1.54, 1.807) is 0 Å². The number of amides is 2. The van der Waals surface area contributed by atoms with Crippen LogP contribution in [0.25, 0.3) is 0 Å². The highest BCUT2D eigenvalue weighted by Crippen LogP contribution is 2.13. The van der Waals surface area contributed by atoms with Crippen LogP contribution in [0.2, 0.25) is 0 Å². The van der Waals surface area contributed by atoms with Gasteiger partial charge in [-0.15, -0.1) is 0 Å². The molecule has 3 N–H and O–H groups in total. The van der Waals surface area contributed by atoms with Gasteiger partial charge < -0.3 is 10.7 Å². The summed E-state index contributed by atoms with van der Waals surface area (Å²) < 4.78 is 0. The number of nitrogens with one attached hydrogen (secondary N) is 3. The van der Waals surface area contributed by atoms with E-state index < -0.39 is 0 Å². The van der Waals surface area contributed by atoms with Crippen molar-refractivity contribution in [2.75, 3.05) is 6.54 Å². The molecule has 0 bridgehead atoms. The van der Waals surface area contributed by atoms with Gasteiger partial charge in [0.25, 0.3) is 0 Å². The van der Waals surface area contributed by atoms with E-state index in [0.717, 1.165) is 36.9 Å². The number of hydrazine groups is 1. The molecule has 0 aromatic heterocycles. The van der Waals surface area contributed by atoms with Gasteiger partial charge >= 0.3 is 0 Å². The number of benzene rings is 1. The Balaban J connectivity index is 1.59. The second-order valence-corrected chi connectivity index (χ2v) is 5.41. The lowest BCUT2D eigenvalue weighted by Gasteiger charge is -2.15. The topological polar surface area (TPSA) is 70.2 Å². The van der Waals surface area contributed by atoms with E-state index in [1.165, 1.54) is 6.42 Å². The Morgan fingerprint density at radius 3 is 2.59 bits per heavy atom. The number of allylic oxidation sites excluding steroid dienone is 2. The Kier molecular flexibility index (Phi) is 6.48. The Labute approximate surface area is 131 Å². The van der Waals surface area contributed by atoms with Gasteiger partial charge in [0.1, 0.15) is 6.42 Å². The third-order valence-electron chi connectivity index (χ3n) is 3.55. The first-order valence-electron chi connectivity index (χ1n) is 7.78. The molecular weight excluding hydrogens is 278 g/mol. The lowest BCUT2D eigenvalue weighted by molar-refractivity contribution is -0.129. The Morgan fingerprint density at radius 1 is 1.05 bits per heavy atom. The summed E-state index contributed by atoms with van der Waals surface area (Å²) in [6, 6.07) is 9.93. The van der Waals surface area contributed by atoms with E-state index in [2.05, 4.69) is 22.2 Å². The minimum Gasteiger partial charge on any atom is -0.355 e. The summed E-state index contributed by atoms with van der Waals surface area (Å²) >= 11 is 0. The molecule has 5 heteroatoms. The van der Waals surface area contributed by atoms with E-state index >= 15 is 0 Å². The molecule has 2 rings (SSSR count). The van der Waals surface area contributed by atoms with Gasteiger partial charge in [-0.2, -0.15) is 0 Å². The predicted octanol–water partition coefficient (Wildman–Crippen LogP) is 1.81. The van der Waals surface area contributed by atoms with Crippen LogP contribution in [0, 0.1) is 0 Å². The number of rotatable bonds is 7. The van der Waals surface area contributed by atoms with Gasteiger partial charge in [-0.1, -0.05) is 36.4 Å². The first-order valence-corrected chi connectivity index (χ1v) is 7.78. The van der Waals surface area contributed by atoms with Gasteiger partial charge in [-0.05, 0) is 37.7 Å². The minimum atomic E-state index is -0.316. The fourth-order valence-corrected chi connectivity index (χ4v) is 2.35. The highest BCUT2D eigenvalue weighted by atomic mass is 16.2. The summed E-state index contributed by atoms with van der Waals surface area (Å²) in [4.78, 5) is 23.3. The molecule has 118 valence electrons. The lowest BCUT2D eigenvalue weighted by atomic mass is 10.1. The number of hydrogen-bond donors (Lipinski definition) is 3. The van der Waals surface area contributed by atoms with Crippen molar-refractivity contribution in [3.63, 3.8) is 0 Å². The van der Waals surface area contributed by atoms with Crippen molar-refractivity contribution in [2.24, 2.45) is 0 Å². The van der Waals surface area contributed by atoms with Gasteiger partial charge in [0.05, 0.1) is 0 Å². The van der Waals surface area contributed by atoms with Crippen molar-refractivity contribution >= 4 is 11.8 Å². The molecule has 1 aromatic rings. The maximum Gasteiger partial charge on any atom is 0.247 e. The van der Waals surface area contributed by atoms with Crippen molar-refractivity contribution < 1.29 is 9.59 Å². The fraction of sp³-hybridized carbons (Fsp3) is 0.412. The zero-order valence-electron chi connectivity index (χ0n) is 12.7. The summed E-state index contributed by atoms with van der Waals surface area (Å²) in [5.41, 5.74) is 7.66. The first-order chi connectivity index (χ1) is 10.7. The molecule has 2 amide bonds. The zero-order chi connectivity index (χ0) is 15.6.